The largest absolute Gasteiger partial charge is 0.322 e. The number of amides is 1. The van der Waals surface area contributed by atoms with Crippen LogP contribution in [0.1, 0.15) is 35.6 Å². The summed E-state index contributed by atoms with van der Waals surface area (Å²) in [5, 5.41) is 12.0. The second-order valence-electron chi connectivity index (χ2n) is 7.09. The maximum absolute atomic E-state index is 12.5. The molecule has 1 N–H and O–H groups in total. The van der Waals surface area contributed by atoms with E-state index in [9.17, 15) is 4.79 Å². The van der Waals surface area contributed by atoms with E-state index in [0.29, 0.717) is 12.6 Å². The number of anilines is 1. The van der Waals surface area contributed by atoms with Gasteiger partial charge >= 0.3 is 0 Å². The average Bonchev–Trinajstić information content (AvgIpc) is 3.16. The lowest BCUT2D eigenvalue weighted by atomic mass is 10.2. The lowest BCUT2D eigenvalue weighted by molar-refractivity contribution is -0.117. The highest BCUT2D eigenvalue weighted by molar-refractivity contribution is 5.93. The van der Waals surface area contributed by atoms with E-state index in [1.54, 1.807) is 4.68 Å². The monoisotopic (exact) mass is 344 g/mol. The number of aromatic nitrogens is 4. The molecule has 0 radical (unpaired) electrons. The van der Waals surface area contributed by atoms with Crippen LogP contribution in [0.4, 0.5) is 5.69 Å². The third-order valence-electron chi connectivity index (χ3n) is 5.11. The summed E-state index contributed by atoms with van der Waals surface area (Å²) in [5.74, 6) is 0.0273. The molecule has 1 fully saturated rings. The number of carbonyl (C=O) groups excluding carboxylic acids is 1. The molecule has 0 unspecified atom stereocenters. The Hall–Kier alpha value is -2.15. The van der Waals surface area contributed by atoms with Crippen molar-refractivity contribution in [2.45, 2.75) is 53.1 Å². The quantitative estimate of drug-likeness (QED) is 0.900. The molecule has 0 saturated carbocycles. The van der Waals surface area contributed by atoms with E-state index < -0.39 is 0 Å². The van der Waals surface area contributed by atoms with Crippen molar-refractivity contribution in [3.63, 3.8) is 0 Å². The number of hydrogen-bond acceptors (Lipinski definition) is 4. The fourth-order valence-corrected chi connectivity index (χ4v) is 3.69. The number of nitrogens with one attached hydrogen (secondary N) is 1. The molecule has 136 valence electrons. The summed E-state index contributed by atoms with van der Waals surface area (Å²) in [7, 11) is 1.89. The Morgan fingerprint density at radius 2 is 2.04 bits per heavy atom. The predicted molar refractivity (Wildman–Crippen MR) is 97.6 cm³/mol. The minimum Gasteiger partial charge on any atom is -0.322 e. The Labute approximate surface area is 149 Å². The van der Waals surface area contributed by atoms with Crippen molar-refractivity contribution >= 4 is 11.6 Å². The van der Waals surface area contributed by atoms with Crippen LogP contribution in [0.2, 0.25) is 0 Å². The number of carbonyl (C=O) groups is 1. The first-order valence-corrected chi connectivity index (χ1v) is 8.90. The lowest BCUT2D eigenvalue weighted by Crippen LogP contribution is -2.39. The summed E-state index contributed by atoms with van der Waals surface area (Å²) in [6.07, 6.45) is 2.23. The molecule has 1 saturated heterocycles. The van der Waals surface area contributed by atoms with Gasteiger partial charge in [-0.2, -0.15) is 10.2 Å². The van der Waals surface area contributed by atoms with Gasteiger partial charge in [0, 0.05) is 18.8 Å². The highest BCUT2D eigenvalue weighted by atomic mass is 16.2. The SMILES string of the molecule is Cc1cc(C)n(C[C@@H]2CCCN2CC(=O)Nc2c(C)nn(C)c2C)n1. The molecule has 2 aromatic heterocycles. The second-order valence-corrected chi connectivity index (χ2v) is 7.09. The second kappa shape index (κ2) is 7.00. The number of aryl methyl sites for hydroxylation is 4. The third-order valence-corrected chi connectivity index (χ3v) is 5.11. The van der Waals surface area contributed by atoms with Crippen LogP contribution in [-0.2, 0) is 18.4 Å². The van der Waals surface area contributed by atoms with Crippen LogP contribution in [-0.4, -0.2) is 49.5 Å². The smallest absolute Gasteiger partial charge is 0.238 e. The van der Waals surface area contributed by atoms with E-state index in [4.69, 9.17) is 0 Å². The Morgan fingerprint density at radius 1 is 1.28 bits per heavy atom. The van der Waals surface area contributed by atoms with Crippen molar-refractivity contribution in [1.29, 1.82) is 0 Å². The van der Waals surface area contributed by atoms with E-state index in [0.717, 1.165) is 48.7 Å². The van der Waals surface area contributed by atoms with Gasteiger partial charge in [-0.3, -0.25) is 19.1 Å². The first-order chi connectivity index (χ1) is 11.8. The topological polar surface area (TPSA) is 68.0 Å². The van der Waals surface area contributed by atoms with E-state index in [-0.39, 0.29) is 5.91 Å². The minimum absolute atomic E-state index is 0.0273. The minimum atomic E-state index is 0.0273. The summed E-state index contributed by atoms with van der Waals surface area (Å²) in [5.41, 5.74) is 4.89. The van der Waals surface area contributed by atoms with Crippen LogP contribution in [0, 0.1) is 27.7 Å². The highest BCUT2D eigenvalue weighted by Crippen LogP contribution is 2.21. The summed E-state index contributed by atoms with van der Waals surface area (Å²) in [6, 6.07) is 2.46. The maximum Gasteiger partial charge on any atom is 0.238 e. The van der Waals surface area contributed by atoms with Gasteiger partial charge < -0.3 is 5.32 Å². The molecule has 1 atom stereocenters. The van der Waals surface area contributed by atoms with Gasteiger partial charge in [0.25, 0.3) is 0 Å². The molecule has 0 aromatic carbocycles. The maximum atomic E-state index is 12.5. The standard InChI is InChI=1S/C18H28N6O/c1-12-9-13(2)24(20-12)10-16-7-6-8-23(16)11-17(25)19-18-14(3)21-22(5)15(18)4/h9,16H,6-8,10-11H2,1-5H3,(H,19,25)/t16-/m0/s1. The third kappa shape index (κ3) is 3.76. The fourth-order valence-electron chi connectivity index (χ4n) is 3.69. The van der Waals surface area contributed by atoms with Gasteiger partial charge in [-0.1, -0.05) is 0 Å². The van der Waals surface area contributed by atoms with Crippen molar-refractivity contribution in [2.75, 3.05) is 18.4 Å². The Bertz CT molecular complexity index is 775. The van der Waals surface area contributed by atoms with E-state index in [1.807, 2.05) is 27.8 Å². The zero-order valence-corrected chi connectivity index (χ0v) is 15.8. The molecular formula is C18H28N6O. The highest BCUT2D eigenvalue weighted by Gasteiger charge is 2.27. The van der Waals surface area contributed by atoms with Gasteiger partial charge in [0.15, 0.2) is 0 Å². The van der Waals surface area contributed by atoms with Gasteiger partial charge in [-0.15, -0.1) is 0 Å². The van der Waals surface area contributed by atoms with Gasteiger partial charge in [0.2, 0.25) is 5.91 Å². The molecule has 3 rings (SSSR count). The number of rotatable bonds is 5. The zero-order chi connectivity index (χ0) is 18.1. The summed E-state index contributed by atoms with van der Waals surface area (Å²) in [6.45, 7) is 10.2. The number of likely N-dealkylation sites (tertiary alicyclic amines) is 1. The summed E-state index contributed by atoms with van der Waals surface area (Å²) < 4.78 is 3.86. The molecular weight excluding hydrogens is 316 g/mol. The van der Waals surface area contributed by atoms with Crippen molar-refractivity contribution in [2.24, 2.45) is 7.05 Å². The van der Waals surface area contributed by atoms with Crippen molar-refractivity contribution in [1.82, 2.24) is 24.5 Å². The molecule has 1 amide bonds. The van der Waals surface area contributed by atoms with Crippen molar-refractivity contribution < 1.29 is 4.79 Å². The number of hydrogen-bond donors (Lipinski definition) is 1. The predicted octanol–water partition coefficient (Wildman–Crippen LogP) is 1.95. The summed E-state index contributed by atoms with van der Waals surface area (Å²) in [4.78, 5) is 14.8. The molecule has 7 heteroatoms. The van der Waals surface area contributed by atoms with Crippen LogP contribution in [0.25, 0.3) is 0 Å². The molecule has 0 aliphatic carbocycles. The zero-order valence-electron chi connectivity index (χ0n) is 15.8. The van der Waals surface area contributed by atoms with Gasteiger partial charge in [0.1, 0.15) is 0 Å². The Morgan fingerprint density at radius 3 is 2.64 bits per heavy atom. The van der Waals surface area contributed by atoms with Crippen LogP contribution < -0.4 is 5.32 Å². The Kier molecular flexibility index (Phi) is 4.94. The van der Waals surface area contributed by atoms with Crippen molar-refractivity contribution in [3.05, 3.63) is 28.8 Å². The molecule has 0 spiro atoms. The number of nitrogens with zero attached hydrogens (tertiary/aromatic N) is 5. The lowest BCUT2D eigenvalue weighted by Gasteiger charge is -2.24. The molecule has 1 aliphatic heterocycles. The van der Waals surface area contributed by atoms with E-state index in [1.165, 1.54) is 5.69 Å². The van der Waals surface area contributed by atoms with Crippen molar-refractivity contribution in [3.8, 4) is 0 Å². The fraction of sp³-hybridized carbons (Fsp3) is 0.611. The Balaban J connectivity index is 1.63. The normalized spacial score (nSPS) is 18.0. The molecule has 2 aromatic rings. The van der Waals surface area contributed by atoms with E-state index >= 15 is 0 Å². The molecule has 25 heavy (non-hydrogen) atoms. The summed E-state index contributed by atoms with van der Waals surface area (Å²) >= 11 is 0. The molecule has 1 aliphatic rings. The van der Waals surface area contributed by atoms with Crippen LogP contribution >= 0.6 is 0 Å². The van der Waals surface area contributed by atoms with Gasteiger partial charge in [0.05, 0.1) is 35.9 Å². The van der Waals surface area contributed by atoms with E-state index in [2.05, 4.69) is 38.1 Å². The van der Waals surface area contributed by atoms with Crippen LogP contribution in [0.3, 0.4) is 0 Å². The molecule has 0 bridgehead atoms. The first kappa shape index (κ1) is 17.7. The first-order valence-electron chi connectivity index (χ1n) is 8.90. The van der Waals surface area contributed by atoms with Gasteiger partial charge in [-0.25, -0.2) is 0 Å². The van der Waals surface area contributed by atoms with Gasteiger partial charge in [-0.05, 0) is 53.1 Å². The molecule has 3 heterocycles. The molecule has 7 nitrogen and oxygen atoms in total. The van der Waals surface area contributed by atoms with Crippen LogP contribution in [0.15, 0.2) is 6.07 Å². The average molecular weight is 344 g/mol. The van der Waals surface area contributed by atoms with Crippen LogP contribution in [0.5, 0.6) is 0 Å².